The zero-order valence-corrected chi connectivity index (χ0v) is 15.5. The first-order valence-electron chi connectivity index (χ1n) is 9.19. The van der Waals surface area contributed by atoms with Crippen LogP contribution in [0.1, 0.15) is 11.4 Å². The highest BCUT2D eigenvalue weighted by atomic mass is 19.4. The molecule has 150 valence electrons. The molecule has 6 nitrogen and oxygen atoms in total. The fourth-order valence-corrected chi connectivity index (χ4v) is 3.23. The van der Waals surface area contributed by atoms with Gasteiger partial charge in [-0.1, -0.05) is 24.3 Å². The molecule has 4 rings (SSSR count). The third kappa shape index (κ3) is 4.39. The minimum Gasteiger partial charge on any atom is -0.374 e. The van der Waals surface area contributed by atoms with E-state index in [2.05, 4.69) is 20.4 Å². The standard InChI is InChI=1S/C20H19F3N6/c21-20(22,23)16-5-4-8-18(15-16)28-13-11-27(12-14-28)10-9-19-24-25-26-29(19)17-6-2-1-3-7-17/h1-10,15H,11-14H2/b10-9+. The molecule has 0 spiro atoms. The first-order valence-corrected chi connectivity index (χ1v) is 9.19. The van der Waals surface area contributed by atoms with E-state index in [1.165, 1.54) is 12.1 Å². The van der Waals surface area contributed by atoms with E-state index >= 15 is 0 Å². The molecule has 0 amide bonds. The maximum absolute atomic E-state index is 12.9. The number of halogens is 3. The number of rotatable bonds is 4. The molecular weight excluding hydrogens is 381 g/mol. The molecule has 1 fully saturated rings. The minimum atomic E-state index is -4.33. The van der Waals surface area contributed by atoms with Gasteiger partial charge in [0.05, 0.1) is 11.3 Å². The van der Waals surface area contributed by atoms with Crippen molar-refractivity contribution >= 4 is 11.8 Å². The quantitative estimate of drug-likeness (QED) is 0.671. The molecule has 3 aromatic rings. The summed E-state index contributed by atoms with van der Waals surface area (Å²) < 4.78 is 40.4. The van der Waals surface area contributed by atoms with Crippen molar-refractivity contribution in [2.45, 2.75) is 6.18 Å². The van der Waals surface area contributed by atoms with Gasteiger partial charge in [-0.2, -0.15) is 17.9 Å². The number of alkyl halides is 3. The van der Waals surface area contributed by atoms with E-state index in [9.17, 15) is 13.2 Å². The van der Waals surface area contributed by atoms with Crippen molar-refractivity contribution in [3.8, 4) is 5.69 Å². The summed E-state index contributed by atoms with van der Waals surface area (Å²) in [6.07, 6.45) is -0.565. The minimum absolute atomic E-state index is 0.594. The largest absolute Gasteiger partial charge is 0.416 e. The Balaban J connectivity index is 1.40. The zero-order valence-electron chi connectivity index (χ0n) is 15.5. The van der Waals surface area contributed by atoms with Crippen LogP contribution in [0.5, 0.6) is 0 Å². The van der Waals surface area contributed by atoms with Gasteiger partial charge in [0.15, 0.2) is 5.82 Å². The summed E-state index contributed by atoms with van der Waals surface area (Å²) in [5.41, 5.74) is 0.841. The monoisotopic (exact) mass is 400 g/mol. The van der Waals surface area contributed by atoms with Crippen molar-refractivity contribution in [1.82, 2.24) is 25.1 Å². The van der Waals surface area contributed by atoms with E-state index in [0.29, 0.717) is 37.7 Å². The van der Waals surface area contributed by atoms with Crippen molar-refractivity contribution in [2.24, 2.45) is 0 Å². The van der Waals surface area contributed by atoms with Gasteiger partial charge in [-0.05, 0) is 40.8 Å². The molecule has 1 aromatic heterocycles. The van der Waals surface area contributed by atoms with Gasteiger partial charge < -0.3 is 9.80 Å². The van der Waals surface area contributed by atoms with Crippen LogP contribution in [0.2, 0.25) is 0 Å². The molecule has 0 N–H and O–H groups in total. The number of aromatic nitrogens is 4. The normalized spacial score (nSPS) is 15.3. The predicted octanol–water partition coefficient (Wildman–Crippen LogP) is 3.47. The lowest BCUT2D eigenvalue weighted by molar-refractivity contribution is -0.137. The number of para-hydroxylation sites is 1. The molecule has 1 saturated heterocycles. The Morgan fingerprint density at radius 3 is 2.31 bits per heavy atom. The van der Waals surface area contributed by atoms with Crippen molar-refractivity contribution in [1.29, 1.82) is 0 Å². The third-order valence-corrected chi connectivity index (χ3v) is 4.78. The van der Waals surface area contributed by atoms with Crippen LogP contribution in [-0.2, 0) is 6.18 Å². The summed E-state index contributed by atoms with van der Waals surface area (Å²) in [5.74, 6) is 0.608. The van der Waals surface area contributed by atoms with E-state index < -0.39 is 11.7 Å². The van der Waals surface area contributed by atoms with Gasteiger partial charge in [0, 0.05) is 44.1 Å². The zero-order chi connectivity index (χ0) is 20.3. The lowest BCUT2D eigenvalue weighted by Crippen LogP contribution is -2.44. The molecule has 2 heterocycles. The molecule has 0 unspecified atom stereocenters. The highest BCUT2D eigenvalue weighted by Crippen LogP contribution is 2.31. The summed E-state index contributed by atoms with van der Waals surface area (Å²) in [7, 11) is 0. The molecule has 0 atom stereocenters. The first kappa shape index (κ1) is 19.0. The van der Waals surface area contributed by atoms with E-state index in [1.54, 1.807) is 10.7 Å². The summed E-state index contributed by atoms with van der Waals surface area (Å²) in [4.78, 5) is 4.07. The van der Waals surface area contributed by atoms with Crippen LogP contribution >= 0.6 is 0 Å². The highest BCUT2D eigenvalue weighted by Gasteiger charge is 2.31. The summed E-state index contributed by atoms with van der Waals surface area (Å²) >= 11 is 0. The summed E-state index contributed by atoms with van der Waals surface area (Å²) in [5, 5.41) is 11.8. The average Bonchev–Trinajstić information content (AvgIpc) is 3.21. The van der Waals surface area contributed by atoms with Crippen LogP contribution in [0.4, 0.5) is 18.9 Å². The Labute approximate surface area is 165 Å². The predicted molar refractivity (Wildman–Crippen MR) is 103 cm³/mol. The van der Waals surface area contributed by atoms with E-state index in [-0.39, 0.29) is 0 Å². The van der Waals surface area contributed by atoms with Crippen molar-refractivity contribution in [3.05, 3.63) is 72.2 Å². The molecule has 0 radical (unpaired) electrons. The Morgan fingerprint density at radius 1 is 0.862 bits per heavy atom. The van der Waals surface area contributed by atoms with Crippen molar-refractivity contribution < 1.29 is 13.2 Å². The second-order valence-corrected chi connectivity index (χ2v) is 6.67. The second kappa shape index (κ2) is 7.94. The van der Waals surface area contributed by atoms with Crippen LogP contribution in [0.15, 0.2) is 60.8 Å². The maximum atomic E-state index is 12.9. The Morgan fingerprint density at radius 2 is 1.59 bits per heavy atom. The molecule has 0 aliphatic carbocycles. The summed E-state index contributed by atoms with van der Waals surface area (Å²) in [6, 6.07) is 15.1. The van der Waals surface area contributed by atoms with E-state index in [1.807, 2.05) is 47.5 Å². The Kier molecular flexibility index (Phi) is 5.20. The van der Waals surface area contributed by atoms with E-state index in [0.717, 1.165) is 11.8 Å². The maximum Gasteiger partial charge on any atom is 0.416 e. The Hall–Kier alpha value is -3.36. The number of hydrogen-bond acceptors (Lipinski definition) is 5. The van der Waals surface area contributed by atoms with Crippen molar-refractivity contribution in [3.63, 3.8) is 0 Å². The van der Waals surface area contributed by atoms with Gasteiger partial charge in [0.2, 0.25) is 0 Å². The van der Waals surface area contributed by atoms with Crippen molar-refractivity contribution in [2.75, 3.05) is 31.1 Å². The molecule has 9 heteroatoms. The molecule has 0 saturated carbocycles. The first-order chi connectivity index (χ1) is 14.0. The fraction of sp³-hybridized carbons (Fsp3) is 0.250. The second-order valence-electron chi connectivity index (χ2n) is 6.67. The highest BCUT2D eigenvalue weighted by molar-refractivity contribution is 5.50. The van der Waals surface area contributed by atoms with Crippen LogP contribution in [0.3, 0.4) is 0 Å². The van der Waals surface area contributed by atoms with Crippen LogP contribution in [0.25, 0.3) is 11.8 Å². The van der Waals surface area contributed by atoms with Gasteiger partial charge in [0.25, 0.3) is 0 Å². The number of anilines is 1. The van der Waals surface area contributed by atoms with Crippen LogP contribution in [-0.4, -0.2) is 51.3 Å². The lowest BCUT2D eigenvalue weighted by Gasteiger charge is -2.35. The van der Waals surface area contributed by atoms with Gasteiger partial charge in [-0.3, -0.25) is 0 Å². The van der Waals surface area contributed by atoms with E-state index in [4.69, 9.17) is 0 Å². The number of piperazine rings is 1. The average molecular weight is 400 g/mol. The lowest BCUT2D eigenvalue weighted by atomic mass is 10.1. The van der Waals surface area contributed by atoms with Gasteiger partial charge >= 0.3 is 6.18 Å². The molecule has 1 aliphatic rings. The summed E-state index contributed by atoms with van der Waals surface area (Å²) in [6.45, 7) is 2.66. The van der Waals surface area contributed by atoms with Crippen LogP contribution in [0, 0.1) is 0 Å². The van der Waals surface area contributed by atoms with Gasteiger partial charge in [-0.15, -0.1) is 5.10 Å². The van der Waals surface area contributed by atoms with Gasteiger partial charge in [-0.25, -0.2) is 0 Å². The molecule has 2 aromatic carbocycles. The number of benzene rings is 2. The third-order valence-electron chi connectivity index (χ3n) is 4.78. The number of nitrogens with zero attached hydrogens (tertiary/aromatic N) is 6. The topological polar surface area (TPSA) is 50.1 Å². The molecule has 0 bridgehead atoms. The SMILES string of the molecule is FC(F)(F)c1cccc(N2CCN(/C=C/c3nnnn3-c3ccccc3)CC2)c1. The number of tetrazole rings is 1. The molecule has 29 heavy (non-hydrogen) atoms. The Bertz CT molecular complexity index is 975. The number of hydrogen-bond donors (Lipinski definition) is 0. The smallest absolute Gasteiger partial charge is 0.374 e. The van der Waals surface area contributed by atoms with Crippen LogP contribution < -0.4 is 4.90 Å². The molecule has 1 aliphatic heterocycles. The van der Waals surface area contributed by atoms with Gasteiger partial charge in [0.1, 0.15) is 0 Å². The molecular formula is C20H19F3N6. The fourth-order valence-electron chi connectivity index (χ4n) is 3.23.